The van der Waals surface area contributed by atoms with Gasteiger partial charge in [-0.1, -0.05) is 29.8 Å². The second-order valence-electron chi connectivity index (χ2n) is 3.97. The van der Waals surface area contributed by atoms with E-state index < -0.39 is 5.92 Å². The minimum Gasteiger partial charge on any atom is -0.317 e. The number of benzene rings is 1. The first kappa shape index (κ1) is 12.1. The van der Waals surface area contributed by atoms with Crippen molar-refractivity contribution in [2.75, 3.05) is 7.05 Å². The number of halogens is 2. The summed E-state index contributed by atoms with van der Waals surface area (Å²) in [6.07, 6.45) is -0.174. The fourth-order valence-electron chi connectivity index (χ4n) is 1.48. The van der Waals surface area contributed by atoms with E-state index in [9.17, 15) is 8.78 Å². The topological polar surface area (TPSA) is 12.0 Å². The highest BCUT2D eigenvalue weighted by atomic mass is 19.3. The molecule has 0 radical (unpaired) electrons. The number of rotatable bonds is 4. The first-order chi connectivity index (χ1) is 6.95. The zero-order valence-corrected chi connectivity index (χ0v) is 9.35. The third kappa shape index (κ3) is 3.27. The molecule has 0 fully saturated rings. The number of alkyl halides is 2. The lowest BCUT2D eigenvalue weighted by Crippen LogP contribution is -2.29. The molecule has 1 atom stereocenters. The van der Waals surface area contributed by atoms with Gasteiger partial charge in [0.15, 0.2) is 0 Å². The first-order valence-corrected chi connectivity index (χ1v) is 5.08. The molecule has 1 unspecified atom stereocenters. The van der Waals surface area contributed by atoms with Gasteiger partial charge in [0, 0.05) is 18.0 Å². The number of nitrogens with one attached hydrogen (secondary N) is 1. The Labute approximate surface area is 89.5 Å². The Bertz CT molecular complexity index is 323. The van der Waals surface area contributed by atoms with Crippen LogP contribution >= 0.6 is 0 Å². The Morgan fingerprint density at radius 3 is 2.60 bits per heavy atom. The normalized spacial score (nSPS) is 13.9. The van der Waals surface area contributed by atoms with Crippen LogP contribution in [0.3, 0.4) is 0 Å². The van der Waals surface area contributed by atoms with Gasteiger partial charge in [0.2, 0.25) is 0 Å². The van der Waals surface area contributed by atoms with E-state index in [0.717, 1.165) is 5.56 Å². The highest BCUT2D eigenvalue weighted by Gasteiger charge is 2.32. The average Bonchev–Trinajstić information content (AvgIpc) is 2.17. The lowest BCUT2D eigenvalue weighted by Gasteiger charge is -2.21. The second-order valence-corrected chi connectivity index (χ2v) is 3.97. The Morgan fingerprint density at radius 2 is 2.07 bits per heavy atom. The van der Waals surface area contributed by atoms with Gasteiger partial charge < -0.3 is 5.32 Å². The molecule has 0 bridgehead atoms. The van der Waals surface area contributed by atoms with E-state index >= 15 is 0 Å². The summed E-state index contributed by atoms with van der Waals surface area (Å²) in [5.74, 6) is -2.76. The van der Waals surface area contributed by atoms with Crippen LogP contribution in [0.2, 0.25) is 0 Å². The molecule has 0 aliphatic rings. The van der Waals surface area contributed by atoms with Crippen molar-refractivity contribution in [3.63, 3.8) is 0 Å². The molecule has 1 N–H and O–H groups in total. The Kier molecular flexibility index (Phi) is 3.80. The monoisotopic (exact) mass is 213 g/mol. The molecular formula is C12H17F2N. The van der Waals surface area contributed by atoms with Gasteiger partial charge in [-0.3, -0.25) is 0 Å². The fourth-order valence-corrected chi connectivity index (χ4v) is 1.48. The summed E-state index contributed by atoms with van der Waals surface area (Å²) in [5.41, 5.74) is 0.967. The van der Waals surface area contributed by atoms with Crippen molar-refractivity contribution in [2.24, 2.45) is 0 Å². The number of aryl methyl sites for hydroxylation is 1. The highest BCUT2D eigenvalue weighted by molar-refractivity contribution is 5.26. The molecule has 0 saturated heterocycles. The maximum Gasteiger partial charge on any atom is 0.274 e. The molecule has 3 heteroatoms. The van der Waals surface area contributed by atoms with E-state index in [1.165, 1.54) is 6.07 Å². The van der Waals surface area contributed by atoms with Crippen molar-refractivity contribution in [1.29, 1.82) is 0 Å². The summed E-state index contributed by atoms with van der Waals surface area (Å²) in [7, 11) is 1.69. The molecule has 1 aromatic rings. The van der Waals surface area contributed by atoms with Gasteiger partial charge in [-0.15, -0.1) is 0 Å². The number of hydrogen-bond acceptors (Lipinski definition) is 1. The van der Waals surface area contributed by atoms with Gasteiger partial charge in [-0.25, -0.2) is 8.78 Å². The predicted molar refractivity (Wildman–Crippen MR) is 58.2 cm³/mol. The van der Waals surface area contributed by atoms with Crippen molar-refractivity contribution >= 4 is 0 Å². The molecule has 0 saturated carbocycles. The number of hydrogen-bond donors (Lipinski definition) is 1. The zero-order valence-electron chi connectivity index (χ0n) is 9.35. The Balaban J connectivity index is 2.85. The molecule has 84 valence electrons. The quantitative estimate of drug-likeness (QED) is 0.810. The minimum atomic E-state index is -2.76. The summed E-state index contributed by atoms with van der Waals surface area (Å²) in [4.78, 5) is 0. The third-order valence-electron chi connectivity index (χ3n) is 2.50. The van der Waals surface area contributed by atoms with Crippen LogP contribution in [0.4, 0.5) is 8.78 Å². The van der Waals surface area contributed by atoms with Gasteiger partial charge in [0.05, 0.1) is 0 Å². The van der Waals surface area contributed by atoms with Gasteiger partial charge in [0.25, 0.3) is 5.92 Å². The summed E-state index contributed by atoms with van der Waals surface area (Å²) in [6.45, 7) is 3.57. The smallest absolute Gasteiger partial charge is 0.274 e. The average molecular weight is 213 g/mol. The van der Waals surface area contributed by atoms with Crippen LogP contribution in [0.5, 0.6) is 0 Å². The van der Waals surface area contributed by atoms with Crippen molar-refractivity contribution in [3.8, 4) is 0 Å². The van der Waals surface area contributed by atoms with Gasteiger partial charge >= 0.3 is 0 Å². The van der Waals surface area contributed by atoms with Crippen LogP contribution in [0.15, 0.2) is 24.3 Å². The maximum atomic E-state index is 13.7. The van der Waals surface area contributed by atoms with Crippen molar-refractivity contribution in [2.45, 2.75) is 32.2 Å². The lowest BCUT2D eigenvalue weighted by atomic mass is 10.0. The van der Waals surface area contributed by atoms with Crippen LogP contribution in [-0.4, -0.2) is 13.1 Å². The van der Waals surface area contributed by atoms with E-state index in [-0.39, 0.29) is 18.0 Å². The van der Waals surface area contributed by atoms with E-state index in [1.54, 1.807) is 26.1 Å². The van der Waals surface area contributed by atoms with Crippen LogP contribution in [0.25, 0.3) is 0 Å². The molecule has 1 aromatic carbocycles. The summed E-state index contributed by atoms with van der Waals surface area (Å²) in [6, 6.07) is 6.32. The molecule has 15 heavy (non-hydrogen) atoms. The molecular weight excluding hydrogens is 196 g/mol. The summed E-state index contributed by atoms with van der Waals surface area (Å²) >= 11 is 0. The molecule has 0 spiro atoms. The summed E-state index contributed by atoms with van der Waals surface area (Å²) in [5, 5.41) is 2.83. The van der Waals surface area contributed by atoms with Crippen LogP contribution in [0.1, 0.15) is 24.5 Å². The van der Waals surface area contributed by atoms with Crippen LogP contribution in [-0.2, 0) is 5.92 Å². The van der Waals surface area contributed by atoms with E-state index in [2.05, 4.69) is 5.32 Å². The van der Waals surface area contributed by atoms with E-state index in [4.69, 9.17) is 0 Å². The third-order valence-corrected chi connectivity index (χ3v) is 2.50. The molecule has 0 heterocycles. The van der Waals surface area contributed by atoms with Crippen molar-refractivity contribution in [1.82, 2.24) is 5.32 Å². The Hall–Kier alpha value is -0.960. The van der Waals surface area contributed by atoms with E-state index in [0.29, 0.717) is 0 Å². The highest BCUT2D eigenvalue weighted by Crippen LogP contribution is 2.33. The largest absolute Gasteiger partial charge is 0.317 e. The maximum absolute atomic E-state index is 13.7. The molecule has 0 aliphatic carbocycles. The summed E-state index contributed by atoms with van der Waals surface area (Å²) < 4.78 is 27.5. The second kappa shape index (κ2) is 4.71. The van der Waals surface area contributed by atoms with E-state index in [1.807, 2.05) is 13.0 Å². The molecule has 0 aliphatic heterocycles. The zero-order chi connectivity index (χ0) is 11.5. The SMILES string of the molecule is CNC(C)CC(F)(F)c1cccc(C)c1. The van der Waals surface area contributed by atoms with Crippen LogP contribution in [0, 0.1) is 6.92 Å². The molecule has 0 amide bonds. The molecule has 1 nitrogen and oxygen atoms in total. The Morgan fingerprint density at radius 1 is 1.40 bits per heavy atom. The van der Waals surface area contributed by atoms with Crippen molar-refractivity contribution in [3.05, 3.63) is 35.4 Å². The first-order valence-electron chi connectivity index (χ1n) is 5.08. The fraction of sp³-hybridized carbons (Fsp3) is 0.500. The van der Waals surface area contributed by atoms with Gasteiger partial charge in [-0.05, 0) is 20.9 Å². The standard InChI is InChI=1S/C12H17F2N/c1-9-5-4-6-11(7-9)12(13,14)8-10(2)15-3/h4-7,10,15H,8H2,1-3H3. The molecule has 0 aromatic heterocycles. The molecule has 1 rings (SSSR count). The predicted octanol–water partition coefficient (Wildman–Crippen LogP) is 3.08. The van der Waals surface area contributed by atoms with Crippen LogP contribution < -0.4 is 5.32 Å². The van der Waals surface area contributed by atoms with Gasteiger partial charge in [0.1, 0.15) is 0 Å². The minimum absolute atomic E-state index is 0.101. The van der Waals surface area contributed by atoms with Crippen molar-refractivity contribution < 1.29 is 8.78 Å². The van der Waals surface area contributed by atoms with Gasteiger partial charge in [-0.2, -0.15) is 0 Å². The lowest BCUT2D eigenvalue weighted by molar-refractivity contribution is -0.0207.